The molecule has 5 aromatic carbocycles. The largest absolute Gasteiger partial charge is 0.103 e. The van der Waals surface area contributed by atoms with E-state index in [2.05, 4.69) is 122 Å². The van der Waals surface area contributed by atoms with Crippen LogP contribution in [0.3, 0.4) is 0 Å². The molecule has 2 aliphatic carbocycles. The summed E-state index contributed by atoms with van der Waals surface area (Å²) in [5.41, 5.74) is 14.5. The molecule has 0 heterocycles. The second-order valence-electron chi connectivity index (χ2n) is 9.34. The Morgan fingerprint density at radius 3 is 1.65 bits per heavy atom. The lowest BCUT2D eigenvalue weighted by Crippen LogP contribution is -2.25. The van der Waals surface area contributed by atoms with Crippen molar-refractivity contribution in [1.29, 1.82) is 0 Å². The number of hydrogen-bond donors (Lipinski definition) is 0. The molecule has 0 bridgehead atoms. The maximum Gasteiger partial charge on any atom is 0.0725 e. The molecular weight excluding hydrogens is 408 g/mol. The molecule has 0 saturated carbocycles. The summed E-state index contributed by atoms with van der Waals surface area (Å²) >= 11 is 0. The van der Waals surface area contributed by atoms with Crippen molar-refractivity contribution < 1.29 is 0 Å². The predicted octanol–water partition coefficient (Wildman–Crippen LogP) is 8.43. The Bertz CT molecular complexity index is 1560. The van der Waals surface area contributed by atoms with Crippen LogP contribution in [0.4, 0.5) is 0 Å². The molecule has 0 aromatic heterocycles. The number of allylic oxidation sites excluding steroid dienone is 1. The van der Waals surface area contributed by atoms with E-state index in [1.807, 2.05) is 6.08 Å². The number of fused-ring (bicyclic) bond motifs is 10. The maximum atomic E-state index is 3.91. The van der Waals surface area contributed by atoms with E-state index in [1.54, 1.807) is 0 Å². The Balaban J connectivity index is 1.53. The molecular formula is C34H24. The van der Waals surface area contributed by atoms with Crippen LogP contribution >= 0.6 is 0 Å². The van der Waals surface area contributed by atoms with Crippen molar-refractivity contribution in [2.45, 2.75) is 11.8 Å². The summed E-state index contributed by atoms with van der Waals surface area (Å²) in [5, 5.41) is 0. The third-order valence-electron chi connectivity index (χ3n) is 7.64. The highest BCUT2D eigenvalue weighted by Crippen LogP contribution is 2.62. The molecule has 0 atom stereocenters. The average Bonchev–Trinajstić information content (AvgIpc) is 3.36. The average molecular weight is 433 g/mol. The molecule has 34 heavy (non-hydrogen) atoms. The molecule has 5 aromatic rings. The second-order valence-corrected chi connectivity index (χ2v) is 9.34. The SMILES string of the molecule is C=CCc1cccc(-c2ccc3c(c2)-c2ccccc2C32c3ccccc3-c3ccccc32)c1. The van der Waals surface area contributed by atoms with E-state index in [0.717, 1.165) is 6.42 Å². The van der Waals surface area contributed by atoms with Crippen LogP contribution in [0.25, 0.3) is 33.4 Å². The Morgan fingerprint density at radius 2 is 1.03 bits per heavy atom. The molecule has 7 rings (SSSR count). The minimum atomic E-state index is -0.262. The van der Waals surface area contributed by atoms with Gasteiger partial charge in [0.25, 0.3) is 0 Å². The first kappa shape index (κ1) is 19.3. The Kier molecular flexibility index (Phi) is 4.07. The van der Waals surface area contributed by atoms with Crippen molar-refractivity contribution >= 4 is 0 Å². The van der Waals surface area contributed by atoms with Gasteiger partial charge in [-0.3, -0.25) is 0 Å². The van der Waals surface area contributed by atoms with Gasteiger partial charge in [0.2, 0.25) is 0 Å². The van der Waals surface area contributed by atoms with E-state index < -0.39 is 0 Å². The third-order valence-corrected chi connectivity index (χ3v) is 7.64. The van der Waals surface area contributed by atoms with E-state index in [-0.39, 0.29) is 5.41 Å². The minimum Gasteiger partial charge on any atom is -0.103 e. The summed E-state index contributed by atoms with van der Waals surface area (Å²) in [6.45, 7) is 3.91. The maximum absolute atomic E-state index is 3.91. The van der Waals surface area contributed by atoms with Crippen molar-refractivity contribution in [3.63, 3.8) is 0 Å². The van der Waals surface area contributed by atoms with Crippen LogP contribution in [0.15, 0.2) is 128 Å². The zero-order chi connectivity index (χ0) is 22.7. The fourth-order valence-corrected chi connectivity index (χ4v) is 6.32. The molecule has 2 aliphatic rings. The molecule has 0 nitrogen and oxygen atoms in total. The van der Waals surface area contributed by atoms with Crippen molar-refractivity contribution in [3.8, 4) is 33.4 Å². The Morgan fingerprint density at radius 1 is 0.500 bits per heavy atom. The highest BCUT2D eigenvalue weighted by Gasteiger charge is 2.51. The van der Waals surface area contributed by atoms with Gasteiger partial charge in [-0.25, -0.2) is 0 Å². The van der Waals surface area contributed by atoms with Crippen LogP contribution in [0.1, 0.15) is 27.8 Å². The summed E-state index contributed by atoms with van der Waals surface area (Å²) < 4.78 is 0. The van der Waals surface area contributed by atoms with Gasteiger partial charge in [0, 0.05) is 0 Å². The standard InChI is InChI=1S/C34H24/c1-2-10-23-11-9-12-24(21-23)25-19-20-33-29(22-25)28-15-5-8-18-32(28)34(33)30-16-6-3-13-26(30)27-14-4-7-17-31(27)34/h2-9,11-22H,1,10H2. The highest BCUT2D eigenvalue weighted by atomic mass is 14.5. The quantitative estimate of drug-likeness (QED) is 0.246. The summed E-state index contributed by atoms with van der Waals surface area (Å²) in [6, 6.07) is 42.8. The molecule has 0 radical (unpaired) electrons. The van der Waals surface area contributed by atoms with Crippen molar-refractivity contribution in [2.24, 2.45) is 0 Å². The van der Waals surface area contributed by atoms with Crippen LogP contribution < -0.4 is 0 Å². The fourth-order valence-electron chi connectivity index (χ4n) is 6.32. The molecule has 1 spiro atoms. The van der Waals surface area contributed by atoms with E-state index >= 15 is 0 Å². The van der Waals surface area contributed by atoms with Crippen molar-refractivity contribution in [1.82, 2.24) is 0 Å². The molecule has 0 saturated heterocycles. The van der Waals surface area contributed by atoms with E-state index in [1.165, 1.54) is 61.2 Å². The summed E-state index contributed by atoms with van der Waals surface area (Å²) in [4.78, 5) is 0. The second kappa shape index (κ2) is 7.17. The number of hydrogen-bond acceptors (Lipinski definition) is 0. The molecule has 160 valence electrons. The number of rotatable bonds is 3. The van der Waals surface area contributed by atoms with Gasteiger partial charge in [0.15, 0.2) is 0 Å². The molecule has 0 heteroatoms. The Labute approximate surface area is 200 Å². The lowest BCUT2D eigenvalue weighted by molar-refractivity contribution is 0.794. The highest BCUT2D eigenvalue weighted by molar-refractivity contribution is 5.95. The van der Waals surface area contributed by atoms with Gasteiger partial charge in [-0.1, -0.05) is 115 Å². The van der Waals surface area contributed by atoms with Gasteiger partial charge in [-0.15, -0.1) is 6.58 Å². The van der Waals surface area contributed by atoms with Gasteiger partial charge in [0.05, 0.1) is 5.41 Å². The van der Waals surface area contributed by atoms with Gasteiger partial charge in [-0.2, -0.15) is 0 Å². The lowest BCUT2D eigenvalue weighted by Gasteiger charge is -2.30. The van der Waals surface area contributed by atoms with Gasteiger partial charge >= 0.3 is 0 Å². The first-order valence-corrected chi connectivity index (χ1v) is 12.0. The summed E-state index contributed by atoms with van der Waals surface area (Å²) in [5.74, 6) is 0. The van der Waals surface area contributed by atoms with E-state index in [9.17, 15) is 0 Å². The van der Waals surface area contributed by atoms with Crippen LogP contribution in [-0.4, -0.2) is 0 Å². The van der Waals surface area contributed by atoms with E-state index in [0.29, 0.717) is 0 Å². The van der Waals surface area contributed by atoms with Crippen molar-refractivity contribution in [2.75, 3.05) is 0 Å². The molecule has 0 fully saturated rings. The van der Waals surface area contributed by atoms with Gasteiger partial charge < -0.3 is 0 Å². The lowest BCUT2D eigenvalue weighted by atomic mass is 9.70. The zero-order valence-corrected chi connectivity index (χ0v) is 19.0. The topological polar surface area (TPSA) is 0 Å². The first-order valence-electron chi connectivity index (χ1n) is 12.0. The molecule has 0 amide bonds. The smallest absolute Gasteiger partial charge is 0.0725 e. The van der Waals surface area contributed by atoms with E-state index in [4.69, 9.17) is 0 Å². The monoisotopic (exact) mass is 432 g/mol. The minimum absolute atomic E-state index is 0.262. The molecule has 0 unspecified atom stereocenters. The fraction of sp³-hybridized carbons (Fsp3) is 0.0588. The van der Waals surface area contributed by atoms with Crippen LogP contribution in [0, 0.1) is 0 Å². The normalized spacial score (nSPS) is 13.8. The molecule has 0 N–H and O–H groups in total. The van der Waals surface area contributed by atoms with Crippen molar-refractivity contribution in [3.05, 3.63) is 156 Å². The van der Waals surface area contributed by atoms with Crippen LogP contribution in [0.5, 0.6) is 0 Å². The van der Waals surface area contributed by atoms with Crippen LogP contribution in [0.2, 0.25) is 0 Å². The van der Waals surface area contributed by atoms with Gasteiger partial charge in [0.1, 0.15) is 0 Å². The van der Waals surface area contributed by atoms with Crippen LogP contribution in [-0.2, 0) is 11.8 Å². The van der Waals surface area contributed by atoms with Gasteiger partial charge in [-0.05, 0) is 73.7 Å². The first-order chi connectivity index (χ1) is 16.8. The third kappa shape index (κ3) is 2.43. The summed E-state index contributed by atoms with van der Waals surface area (Å²) in [7, 11) is 0. The number of benzene rings is 5. The summed E-state index contributed by atoms with van der Waals surface area (Å²) in [6.07, 6.45) is 2.86. The Hall–Kier alpha value is -4.16. The zero-order valence-electron chi connectivity index (χ0n) is 19.0. The predicted molar refractivity (Wildman–Crippen MR) is 142 cm³/mol. The molecule has 0 aliphatic heterocycles.